The lowest BCUT2D eigenvalue weighted by atomic mass is 9.63. The maximum absolute atomic E-state index is 6.35. The molecule has 1 saturated carbocycles. The minimum Gasteiger partial charge on any atom is -0.327 e. The number of rotatable bonds is 2. The summed E-state index contributed by atoms with van der Waals surface area (Å²) in [5.41, 5.74) is 6.81. The third kappa shape index (κ3) is 2.96. The van der Waals surface area contributed by atoms with Crippen molar-refractivity contribution in [2.24, 2.45) is 28.9 Å². The van der Waals surface area contributed by atoms with Gasteiger partial charge in [-0.15, -0.1) is 0 Å². The topological polar surface area (TPSA) is 26.0 Å². The molecule has 1 aliphatic carbocycles. The van der Waals surface area contributed by atoms with Crippen LogP contribution in [-0.4, -0.2) is 6.04 Å². The molecule has 0 aliphatic heterocycles. The maximum Gasteiger partial charge on any atom is 0.00956 e. The molecular formula is C14H29N. The van der Waals surface area contributed by atoms with Crippen LogP contribution < -0.4 is 5.73 Å². The molecule has 90 valence electrons. The average molecular weight is 211 g/mol. The maximum atomic E-state index is 6.35. The van der Waals surface area contributed by atoms with E-state index < -0.39 is 0 Å². The summed E-state index contributed by atoms with van der Waals surface area (Å²) >= 11 is 0. The van der Waals surface area contributed by atoms with Crippen LogP contribution >= 0.6 is 0 Å². The van der Waals surface area contributed by atoms with Gasteiger partial charge in [-0.1, -0.05) is 47.5 Å². The molecule has 0 radical (unpaired) electrons. The smallest absolute Gasteiger partial charge is 0.00956 e. The van der Waals surface area contributed by atoms with Gasteiger partial charge in [-0.05, 0) is 36.0 Å². The van der Waals surface area contributed by atoms with E-state index in [1.165, 1.54) is 25.7 Å². The summed E-state index contributed by atoms with van der Waals surface area (Å²) in [6, 6.07) is 0.457. The molecule has 1 nitrogen and oxygen atoms in total. The Labute approximate surface area is 95.8 Å². The molecule has 1 fully saturated rings. The molecule has 0 amide bonds. The van der Waals surface area contributed by atoms with Gasteiger partial charge in [-0.3, -0.25) is 0 Å². The van der Waals surface area contributed by atoms with E-state index in [-0.39, 0.29) is 0 Å². The Morgan fingerprint density at radius 3 is 1.67 bits per heavy atom. The molecule has 1 heteroatoms. The monoisotopic (exact) mass is 211 g/mol. The van der Waals surface area contributed by atoms with Crippen molar-refractivity contribution in [1.82, 2.24) is 0 Å². The average Bonchev–Trinajstić information content (AvgIpc) is 2.16. The van der Waals surface area contributed by atoms with Gasteiger partial charge in [-0.2, -0.15) is 0 Å². The number of hydrogen-bond acceptors (Lipinski definition) is 1. The normalized spacial score (nSPS) is 38.0. The predicted molar refractivity (Wildman–Crippen MR) is 67.7 cm³/mol. The summed E-state index contributed by atoms with van der Waals surface area (Å²) in [6.45, 7) is 11.7. The van der Waals surface area contributed by atoms with Gasteiger partial charge in [0.2, 0.25) is 0 Å². The Hall–Kier alpha value is -0.0400. The van der Waals surface area contributed by atoms with Gasteiger partial charge in [0.1, 0.15) is 0 Å². The molecule has 1 rings (SSSR count). The first kappa shape index (κ1) is 13.0. The zero-order valence-corrected chi connectivity index (χ0v) is 11.2. The molecule has 0 spiro atoms. The fraction of sp³-hybridized carbons (Fsp3) is 1.00. The zero-order valence-electron chi connectivity index (χ0n) is 11.2. The van der Waals surface area contributed by atoms with Crippen molar-refractivity contribution in [2.75, 3.05) is 0 Å². The minimum atomic E-state index is 0.457. The number of nitrogens with two attached hydrogens (primary N) is 1. The second-order valence-electron chi connectivity index (χ2n) is 6.45. The highest BCUT2D eigenvalue weighted by atomic mass is 14.7. The molecule has 2 atom stereocenters. The Bertz CT molecular complexity index is 178. The van der Waals surface area contributed by atoms with Gasteiger partial charge < -0.3 is 5.73 Å². The summed E-state index contributed by atoms with van der Waals surface area (Å²) in [6.07, 6.45) is 5.20. The quantitative estimate of drug-likeness (QED) is 0.738. The highest BCUT2D eigenvalue weighted by Crippen LogP contribution is 2.43. The molecule has 1 aliphatic rings. The van der Waals surface area contributed by atoms with Crippen molar-refractivity contribution in [3.8, 4) is 0 Å². The first-order valence-electron chi connectivity index (χ1n) is 6.65. The third-order valence-electron chi connectivity index (χ3n) is 4.54. The van der Waals surface area contributed by atoms with Crippen LogP contribution in [0.15, 0.2) is 0 Å². The Kier molecular flexibility index (Phi) is 4.22. The predicted octanol–water partition coefficient (Wildman–Crippen LogP) is 3.82. The molecular weight excluding hydrogens is 182 g/mol. The minimum absolute atomic E-state index is 0.457. The van der Waals surface area contributed by atoms with Crippen molar-refractivity contribution in [1.29, 1.82) is 0 Å². The van der Waals surface area contributed by atoms with Crippen LogP contribution in [0.3, 0.4) is 0 Å². The fourth-order valence-electron chi connectivity index (χ4n) is 3.11. The molecule has 0 bridgehead atoms. The van der Waals surface area contributed by atoms with E-state index in [0.29, 0.717) is 11.5 Å². The highest BCUT2D eigenvalue weighted by Gasteiger charge is 2.38. The fourth-order valence-corrected chi connectivity index (χ4v) is 3.11. The standard InChI is InChI=1S/C14H29N/c1-6-10-8-12(14(3,4)5)9-11(7-2)13(10)15/h10-13H,6-9,15H2,1-5H3. The van der Waals surface area contributed by atoms with E-state index in [1.54, 1.807) is 0 Å². The van der Waals surface area contributed by atoms with Gasteiger partial charge in [0.25, 0.3) is 0 Å². The largest absolute Gasteiger partial charge is 0.327 e. The van der Waals surface area contributed by atoms with Crippen LogP contribution in [0.25, 0.3) is 0 Å². The molecule has 0 aromatic heterocycles. The summed E-state index contributed by atoms with van der Waals surface area (Å²) < 4.78 is 0. The van der Waals surface area contributed by atoms with Gasteiger partial charge >= 0.3 is 0 Å². The lowest BCUT2D eigenvalue weighted by Crippen LogP contribution is -2.45. The van der Waals surface area contributed by atoms with Crippen LogP contribution in [0.4, 0.5) is 0 Å². The lowest BCUT2D eigenvalue weighted by Gasteiger charge is -2.44. The van der Waals surface area contributed by atoms with Gasteiger partial charge in [-0.25, -0.2) is 0 Å². The van der Waals surface area contributed by atoms with Crippen LogP contribution in [-0.2, 0) is 0 Å². The first-order valence-corrected chi connectivity index (χ1v) is 6.65. The summed E-state index contributed by atoms with van der Waals surface area (Å²) in [7, 11) is 0. The van der Waals surface area contributed by atoms with Crippen LogP contribution in [0, 0.1) is 23.2 Å². The Balaban J connectivity index is 2.73. The third-order valence-corrected chi connectivity index (χ3v) is 4.54. The van der Waals surface area contributed by atoms with Crippen LogP contribution in [0.2, 0.25) is 0 Å². The van der Waals surface area contributed by atoms with E-state index in [2.05, 4.69) is 34.6 Å². The van der Waals surface area contributed by atoms with E-state index in [4.69, 9.17) is 5.73 Å². The highest BCUT2D eigenvalue weighted by molar-refractivity contribution is 4.91. The lowest BCUT2D eigenvalue weighted by molar-refractivity contribution is 0.0794. The molecule has 0 saturated heterocycles. The molecule has 0 heterocycles. The summed E-state index contributed by atoms with van der Waals surface area (Å²) in [5, 5.41) is 0. The molecule has 0 aromatic rings. The van der Waals surface area contributed by atoms with Crippen molar-refractivity contribution in [3.05, 3.63) is 0 Å². The van der Waals surface area contributed by atoms with Gasteiger partial charge in [0.15, 0.2) is 0 Å². The van der Waals surface area contributed by atoms with Crippen molar-refractivity contribution in [2.45, 2.75) is 66.3 Å². The second-order valence-corrected chi connectivity index (χ2v) is 6.45. The SMILES string of the molecule is CCC1CC(C(C)(C)C)CC(CC)C1N. The number of hydrogen-bond donors (Lipinski definition) is 1. The van der Waals surface area contributed by atoms with Crippen LogP contribution in [0.1, 0.15) is 60.3 Å². The summed E-state index contributed by atoms with van der Waals surface area (Å²) in [4.78, 5) is 0. The molecule has 15 heavy (non-hydrogen) atoms. The van der Waals surface area contributed by atoms with Crippen LogP contribution in [0.5, 0.6) is 0 Å². The van der Waals surface area contributed by atoms with Crippen molar-refractivity contribution in [3.63, 3.8) is 0 Å². The second kappa shape index (κ2) is 4.86. The van der Waals surface area contributed by atoms with Gasteiger partial charge in [0, 0.05) is 6.04 Å². The van der Waals surface area contributed by atoms with E-state index in [9.17, 15) is 0 Å². The zero-order chi connectivity index (χ0) is 11.6. The molecule has 0 aromatic carbocycles. The molecule has 2 N–H and O–H groups in total. The van der Waals surface area contributed by atoms with Gasteiger partial charge in [0.05, 0.1) is 0 Å². The van der Waals surface area contributed by atoms with Crippen molar-refractivity contribution < 1.29 is 0 Å². The van der Waals surface area contributed by atoms with E-state index in [0.717, 1.165) is 17.8 Å². The first-order chi connectivity index (χ1) is 6.90. The van der Waals surface area contributed by atoms with E-state index in [1.807, 2.05) is 0 Å². The summed E-state index contributed by atoms with van der Waals surface area (Å²) in [5.74, 6) is 2.38. The van der Waals surface area contributed by atoms with E-state index >= 15 is 0 Å². The Morgan fingerprint density at radius 1 is 1.00 bits per heavy atom. The molecule has 2 unspecified atom stereocenters. The Morgan fingerprint density at radius 2 is 1.40 bits per heavy atom. The van der Waals surface area contributed by atoms with Crippen molar-refractivity contribution >= 4 is 0 Å².